The first-order valence-corrected chi connectivity index (χ1v) is 6.91. The van der Waals surface area contributed by atoms with Gasteiger partial charge in [0.1, 0.15) is 13.2 Å². The average Bonchev–Trinajstić information content (AvgIpc) is 2.40. The molecule has 0 spiro atoms. The zero-order valence-electron chi connectivity index (χ0n) is 12.5. The SMILES string of the molecule is CN1CCC(CN(C)C(=O)NC(=O)COCC(=O)O)CC1. The number of nitrogens with one attached hydrogen (secondary N) is 1. The van der Waals surface area contributed by atoms with Crippen molar-refractivity contribution in [2.24, 2.45) is 5.92 Å². The van der Waals surface area contributed by atoms with E-state index in [4.69, 9.17) is 5.11 Å². The second-order valence-corrected chi connectivity index (χ2v) is 5.37. The number of likely N-dealkylation sites (tertiary alicyclic amines) is 1. The van der Waals surface area contributed by atoms with Crippen molar-refractivity contribution in [3.8, 4) is 0 Å². The van der Waals surface area contributed by atoms with Gasteiger partial charge in [0.15, 0.2) is 0 Å². The topological polar surface area (TPSA) is 99.2 Å². The van der Waals surface area contributed by atoms with Crippen LogP contribution in [-0.4, -0.2) is 79.8 Å². The van der Waals surface area contributed by atoms with E-state index < -0.39 is 31.1 Å². The largest absolute Gasteiger partial charge is 0.480 e. The predicted octanol–water partition coefficient (Wildman–Crippen LogP) is -0.403. The molecule has 0 aliphatic carbocycles. The van der Waals surface area contributed by atoms with Gasteiger partial charge in [-0.15, -0.1) is 0 Å². The molecule has 1 heterocycles. The van der Waals surface area contributed by atoms with Crippen LogP contribution in [-0.2, 0) is 14.3 Å². The third-order valence-corrected chi connectivity index (χ3v) is 3.42. The van der Waals surface area contributed by atoms with Crippen LogP contribution in [0.15, 0.2) is 0 Å². The Hall–Kier alpha value is -1.67. The molecule has 1 fully saturated rings. The number of urea groups is 1. The van der Waals surface area contributed by atoms with Gasteiger partial charge in [-0.2, -0.15) is 0 Å². The van der Waals surface area contributed by atoms with Crippen molar-refractivity contribution in [2.45, 2.75) is 12.8 Å². The molecule has 1 rings (SSSR count). The van der Waals surface area contributed by atoms with Crippen molar-refractivity contribution >= 4 is 17.9 Å². The van der Waals surface area contributed by atoms with Gasteiger partial charge in [0, 0.05) is 13.6 Å². The van der Waals surface area contributed by atoms with Gasteiger partial charge in [0.05, 0.1) is 0 Å². The molecule has 1 aliphatic rings. The highest BCUT2D eigenvalue weighted by Gasteiger charge is 2.21. The van der Waals surface area contributed by atoms with Crippen LogP contribution in [0.2, 0.25) is 0 Å². The maximum Gasteiger partial charge on any atom is 0.329 e. The molecule has 21 heavy (non-hydrogen) atoms. The lowest BCUT2D eigenvalue weighted by atomic mass is 9.97. The fraction of sp³-hybridized carbons (Fsp3) is 0.769. The maximum absolute atomic E-state index is 11.8. The summed E-state index contributed by atoms with van der Waals surface area (Å²) in [6.45, 7) is 1.63. The highest BCUT2D eigenvalue weighted by Crippen LogP contribution is 2.16. The average molecular weight is 301 g/mol. The maximum atomic E-state index is 11.8. The number of carbonyl (C=O) groups is 3. The van der Waals surface area contributed by atoms with Gasteiger partial charge in [-0.1, -0.05) is 0 Å². The lowest BCUT2D eigenvalue weighted by Gasteiger charge is -2.31. The van der Waals surface area contributed by atoms with Crippen LogP contribution < -0.4 is 5.32 Å². The Bertz CT molecular complexity index is 380. The zero-order valence-corrected chi connectivity index (χ0v) is 12.5. The molecule has 8 nitrogen and oxygen atoms in total. The number of aliphatic carboxylic acids is 1. The monoisotopic (exact) mass is 301 g/mol. The molecule has 120 valence electrons. The number of hydrogen-bond donors (Lipinski definition) is 2. The summed E-state index contributed by atoms with van der Waals surface area (Å²) in [7, 11) is 3.71. The van der Waals surface area contributed by atoms with Crippen molar-refractivity contribution < 1.29 is 24.2 Å². The van der Waals surface area contributed by atoms with Crippen LogP contribution >= 0.6 is 0 Å². The molecule has 0 aromatic carbocycles. The quantitative estimate of drug-likeness (QED) is 0.692. The third kappa shape index (κ3) is 7.05. The lowest BCUT2D eigenvalue weighted by Crippen LogP contribution is -2.45. The Morgan fingerprint density at radius 1 is 1.29 bits per heavy atom. The summed E-state index contributed by atoms with van der Waals surface area (Å²) in [4.78, 5) is 37.1. The number of nitrogens with zero attached hydrogens (tertiary/aromatic N) is 2. The number of amides is 3. The smallest absolute Gasteiger partial charge is 0.329 e. The Morgan fingerprint density at radius 2 is 1.90 bits per heavy atom. The first kappa shape index (κ1) is 17.4. The van der Waals surface area contributed by atoms with Crippen molar-refractivity contribution in [3.63, 3.8) is 0 Å². The first-order valence-electron chi connectivity index (χ1n) is 6.91. The van der Waals surface area contributed by atoms with Gasteiger partial charge in [0.25, 0.3) is 5.91 Å². The molecule has 0 unspecified atom stereocenters. The van der Waals surface area contributed by atoms with Crippen LogP contribution in [0.5, 0.6) is 0 Å². The van der Waals surface area contributed by atoms with E-state index in [-0.39, 0.29) is 0 Å². The molecule has 2 N–H and O–H groups in total. The van der Waals surface area contributed by atoms with E-state index in [1.165, 1.54) is 4.90 Å². The fourth-order valence-corrected chi connectivity index (χ4v) is 2.20. The minimum atomic E-state index is -1.16. The van der Waals surface area contributed by atoms with E-state index in [2.05, 4.69) is 22.0 Å². The summed E-state index contributed by atoms with van der Waals surface area (Å²) in [6, 6.07) is -0.488. The second kappa shape index (κ2) is 8.58. The minimum Gasteiger partial charge on any atom is -0.480 e. The van der Waals surface area contributed by atoms with E-state index in [9.17, 15) is 14.4 Å². The molecule has 0 bridgehead atoms. The van der Waals surface area contributed by atoms with E-state index in [1.807, 2.05) is 0 Å². The molecule has 1 saturated heterocycles. The summed E-state index contributed by atoms with van der Waals surface area (Å²) >= 11 is 0. The van der Waals surface area contributed by atoms with Gasteiger partial charge >= 0.3 is 12.0 Å². The molecular formula is C13H23N3O5. The van der Waals surface area contributed by atoms with Crippen molar-refractivity contribution in [1.29, 1.82) is 0 Å². The van der Waals surface area contributed by atoms with Crippen LogP contribution in [0.25, 0.3) is 0 Å². The van der Waals surface area contributed by atoms with Crippen LogP contribution in [0.3, 0.4) is 0 Å². The number of carbonyl (C=O) groups excluding carboxylic acids is 2. The second-order valence-electron chi connectivity index (χ2n) is 5.37. The van der Waals surface area contributed by atoms with E-state index in [0.29, 0.717) is 12.5 Å². The number of hydrogen-bond acceptors (Lipinski definition) is 5. The fourth-order valence-electron chi connectivity index (χ4n) is 2.20. The van der Waals surface area contributed by atoms with Crippen LogP contribution in [0.4, 0.5) is 4.79 Å². The summed E-state index contributed by atoms with van der Waals surface area (Å²) in [5.74, 6) is -1.36. The number of imide groups is 1. The summed E-state index contributed by atoms with van der Waals surface area (Å²) < 4.78 is 4.61. The van der Waals surface area contributed by atoms with E-state index in [0.717, 1.165) is 25.9 Å². The highest BCUT2D eigenvalue weighted by molar-refractivity contribution is 5.94. The van der Waals surface area contributed by atoms with Crippen LogP contribution in [0.1, 0.15) is 12.8 Å². The molecular weight excluding hydrogens is 278 g/mol. The molecule has 0 radical (unpaired) electrons. The van der Waals surface area contributed by atoms with Crippen molar-refractivity contribution in [2.75, 3.05) is 46.9 Å². The van der Waals surface area contributed by atoms with Crippen molar-refractivity contribution in [3.05, 3.63) is 0 Å². The lowest BCUT2D eigenvalue weighted by molar-refractivity contribution is -0.143. The molecule has 3 amide bonds. The minimum absolute atomic E-state index is 0.440. The third-order valence-electron chi connectivity index (χ3n) is 3.42. The number of ether oxygens (including phenoxy) is 1. The molecule has 8 heteroatoms. The van der Waals surface area contributed by atoms with Crippen molar-refractivity contribution in [1.82, 2.24) is 15.1 Å². The number of piperidine rings is 1. The standard InChI is InChI=1S/C13H23N3O5/c1-15-5-3-10(4-6-15)7-16(2)13(20)14-11(17)8-21-9-12(18)19/h10H,3-9H2,1-2H3,(H,18,19)(H,14,17,20). The van der Waals surface area contributed by atoms with Gasteiger partial charge in [-0.25, -0.2) is 9.59 Å². The molecule has 0 saturated carbocycles. The molecule has 1 aliphatic heterocycles. The highest BCUT2D eigenvalue weighted by atomic mass is 16.5. The molecule has 0 aromatic heterocycles. The summed E-state index contributed by atoms with van der Waals surface area (Å²) in [5, 5.41) is 10.5. The molecule has 0 aromatic rings. The van der Waals surface area contributed by atoms with E-state index >= 15 is 0 Å². The first-order chi connectivity index (χ1) is 9.88. The van der Waals surface area contributed by atoms with E-state index in [1.54, 1.807) is 7.05 Å². The normalized spacial score (nSPS) is 16.5. The molecule has 0 atom stereocenters. The predicted molar refractivity (Wildman–Crippen MR) is 74.8 cm³/mol. The summed E-state index contributed by atoms with van der Waals surface area (Å²) in [5.41, 5.74) is 0. The van der Waals surface area contributed by atoms with Gasteiger partial charge in [0.2, 0.25) is 0 Å². The van der Waals surface area contributed by atoms with Crippen LogP contribution in [0, 0.1) is 5.92 Å². The Morgan fingerprint density at radius 3 is 2.48 bits per heavy atom. The van der Waals surface area contributed by atoms with Gasteiger partial charge in [-0.3, -0.25) is 10.1 Å². The van der Waals surface area contributed by atoms with Gasteiger partial charge < -0.3 is 19.6 Å². The Labute approximate surface area is 124 Å². The Balaban J connectivity index is 2.24. The Kier molecular flexibility index (Phi) is 7.10. The number of carboxylic acids is 1. The number of rotatable bonds is 6. The zero-order chi connectivity index (χ0) is 15.8. The van der Waals surface area contributed by atoms with Gasteiger partial charge in [-0.05, 0) is 38.9 Å². The summed E-state index contributed by atoms with van der Waals surface area (Å²) in [6.07, 6.45) is 2.06. The number of carboxylic acid groups (broad SMARTS) is 1.